The van der Waals surface area contributed by atoms with Crippen LogP contribution >= 0.6 is 0 Å². The fourth-order valence-electron chi connectivity index (χ4n) is 1.94. The van der Waals surface area contributed by atoms with E-state index in [9.17, 15) is 18.3 Å². The van der Waals surface area contributed by atoms with Gasteiger partial charge in [-0.05, 0) is 32.1 Å². The minimum Gasteiger partial charge on any atom is -0.480 e. The van der Waals surface area contributed by atoms with Gasteiger partial charge in [0, 0.05) is 6.54 Å². The van der Waals surface area contributed by atoms with Crippen LogP contribution in [0.4, 0.5) is 0 Å². The molecule has 0 heterocycles. The van der Waals surface area contributed by atoms with Gasteiger partial charge < -0.3 is 10.2 Å². The van der Waals surface area contributed by atoms with Crippen molar-refractivity contribution in [2.24, 2.45) is 5.92 Å². The Morgan fingerprint density at radius 2 is 2.12 bits per heavy atom. The Morgan fingerprint density at radius 1 is 1.47 bits per heavy atom. The molecule has 0 aromatic carbocycles. The molecule has 3 atom stereocenters. The molecular weight excluding hydrogens is 246 g/mol. The van der Waals surface area contributed by atoms with Crippen LogP contribution in [-0.2, 0) is 14.8 Å². The van der Waals surface area contributed by atoms with Gasteiger partial charge in [0.15, 0.2) is 5.25 Å². The number of aliphatic hydroxyl groups is 1. The summed E-state index contributed by atoms with van der Waals surface area (Å²) in [5.74, 6) is -1.27. The predicted molar refractivity (Wildman–Crippen MR) is 62.0 cm³/mol. The zero-order valence-corrected chi connectivity index (χ0v) is 10.6. The number of sulfonamides is 1. The number of hydrogen-bond donors (Lipinski definition) is 3. The number of aliphatic hydroxyl groups excluding tert-OH is 1. The lowest BCUT2D eigenvalue weighted by atomic mass is 9.87. The van der Waals surface area contributed by atoms with Crippen molar-refractivity contribution >= 4 is 16.0 Å². The SMILES string of the molecule is CC(C(=O)O)S(=O)(=O)NCC1CCCC(O)C1. The van der Waals surface area contributed by atoms with Crippen molar-refractivity contribution < 1.29 is 23.4 Å². The van der Waals surface area contributed by atoms with E-state index in [2.05, 4.69) is 4.72 Å². The van der Waals surface area contributed by atoms with Crippen molar-refractivity contribution in [1.29, 1.82) is 0 Å². The van der Waals surface area contributed by atoms with Gasteiger partial charge in [-0.2, -0.15) is 0 Å². The van der Waals surface area contributed by atoms with Gasteiger partial charge in [-0.15, -0.1) is 0 Å². The largest absolute Gasteiger partial charge is 0.480 e. The van der Waals surface area contributed by atoms with E-state index < -0.39 is 21.2 Å². The highest BCUT2D eigenvalue weighted by Gasteiger charge is 2.29. The monoisotopic (exact) mass is 265 g/mol. The number of nitrogens with one attached hydrogen (secondary N) is 1. The zero-order chi connectivity index (χ0) is 13.1. The van der Waals surface area contributed by atoms with Gasteiger partial charge in [0.25, 0.3) is 0 Å². The van der Waals surface area contributed by atoms with Crippen molar-refractivity contribution in [1.82, 2.24) is 4.72 Å². The molecule has 1 rings (SSSR count). The molecule has 3 unspecified atom stereocenters. The average Bonchev–Trinajstić information content (AvgIpc) is 2.25. The maximum Gasteiger partial charge on any atom is 0.323 e. The van der Waals surface area contributed by atoms with E-state index in [4.69, 9.17) is 5.11 Å². The van der Waals surface area contributed by atoms with Crippen LogP contribution < -0.4 is 4.72 Å². The summed E-state index contributed by atoms with van der Waals surface area (Å²) >= 11 is 0. The highest BCUT2D eigenvalue weighted by atomic mass is 32.2. The van der Waals surface area contributed by atoms with E-state index in [0.29, 0.717) is 6.42 Å². The summed E-state index contributed by atoms with van der Waals surface area (Å²) in [6.07, 6.45) is 2.71. The van der Waals surface area contributed by atoms with Crippen molar-refractivity contribution in [3.8, 4) is 0 Å². The Bertz CT molecular complexity index is 367. The molecule has 6 nitrogen and oxygen atoms in total. The first-order valence-corrected chi connectivity index (χ1v) is 7.27. The summed E-state index contributed by atoms with van der Waals surface area (Å²) in [6, 6.07) is 0. The molecule has 1 saturated carbocycles. The molecule has 1 aliphatic rings. The number of carbonyl (C=O) groups is 1. The Balaban J connectivity index is 2.47. The molecule has 0 aromatic heterocycles. The van der Waals surface area contributed by atoms with Gasteiger partial charge >= 0.3 is 5.97 Å². The fourth-order valence-corrected chi connectivity index (χ4v) is 2.92. The van der Waals surface area contributed by atoms with E-state index in [1.807, 2.05) is 0 Å². The highest BCUT2D eigenvalue weighted by Crippen LogP contribution is 2.23. The quantitative estimate of drug-likeness (QED) is 0.645. The topological polar surface area (TPSA) is 104 Å². The summed E-state index contributed by atoms with van der Waals surface area (Å²) in [6.45, 7) is 1.34. The van der Waals surface area contributed by atoms with Crippen LogP contribution in [-0.4, -0.2) is 42.5 Å². The van der Waals surface area contributed by atoms with Crippen LogP contribution in [0.5, 0.6) is 0 Å². The van der Waals surface area contributed by atoms with Gasteiger partial charge in [0.1, 0.15) is 0 Å². The van der Waals surface area contributed by atoms with Crippen LogP contribution in [0.2, 0.25) is 0 Å². The maximum atomic E-state index is 11.5. The van der Waals surface area contributed by atoms with Gasteiger partial charge in [-0.1, -0.05) is 6.42 Å². The van der Waals surface area contributed by atoms with Crippen LogP contribution in [0.25, 0.3) is 0 Å². The summed E-state index contributed by atoms with van der Waals surface area (Å²) in [5, 5.41) is 16.6. The van der Waals surface area contributed by atoms with E-state index in [-0.39, 0.29) is 18.6 Å². The van der Waals surface area contributed by atoms with Crippen molar-refractivity contribution in [2.45, 2.75) is 44.0 Å². The molecule has 3 N–H and O–H groups in total. The first-order chi connectivity index (χ1) is 7.83. The number of carboxylic acids is 1. The Morgan fingerprint density at radius 3 is 2.65 bits per heavy atom. The minimum absolute atomic E-state index is 0.0921. The lowest BCUT2D eigenvalue weighted by Gasteiger charge is -2.26. The fraction of sp³-hybridized carbons (Fsp3) is 0.900. The molecule has 0 aliphatic heterocycles. The van der Waals surface area contributed by atoms with Crippen molar-refractivity contribution in [3.63, 3.8) is 0 Å². The molecular formula is C10H19NO5S. The molecule has 0 radical (unpaired) electrons. The lowest BCUT2D eigenvalue weighted by molar-refractivity contribution is -0.136. The van der Waals surface area contributed by atoms with Crippen molar-refractivity contribution in [3.05, 3.63) is 0 Å². The van der Waals surface area contributed by atoms with E-state index in [1.54, 1.807) is 0 Å². The standard InChI is InChI=1S/C10H19NO5S/c1-7(10(13)14)17(15,16)11-6-8-3-2-4-9(12)5-8/h7-9,11-12H,2-6H2,1H3,(H,13,14). The Kier molecular flexibility index (Phi) is 4.91. The second-order valence-electron chi connectivity index (χ2n) is 4.56. The molecule has 0 aromatic rings. The van der Waals surface area contributed by atoms with Gasteiger partial charge in [-0.3, -0.25) is 4.79 Å². The molecule has 1 aliphatic carbocycles. The minimum atomic E-state index is -3.81. The average molecular weight is 265 g/mol. The third-order valence-electron chi connectivity index (χ3n) is 3.14. The highest BCUT2D eigenvalue weighted by molar-refractivity contribution is 7.90. The first kappa shape index (κ1) is 14.4. The predicted octanol–water partition coefficient (Wildman–Crippen LogP) is -0.0700. The van der Waals surface area contributed by atoms with Crippen LogP contribution in [0.3, 0.4) is 0 Å². The van der Waals surface area contributed by atoms with Gasteiger partial charge in [0.2, 0.25) is 10.0 Å². The molecule has 7 heteroatoms. The smallest absolute Gasteiger partial charge is 0.323 e. The van der Waals surface area contributed by atoms with Crippen molar-refractivity contribution in [2.75, 3.05) is 6.54 Å². The normalized spacial score (nSPS) is 27.6. The lowest BCUT2D eigenvalue weighted by Crippen LogP contribution is -2.40. The van der Waals surface area contributed by atoms with E-state index >= 15 is 0 Å². The Labute approximate surface area is 101 Å². The summed E-state index contributed by atoms with van der Waals surface area (Å²) in [4.78, 5) is 10.6. The van der Waals surface area contributed by atoms with Crippen LogP contribution in [0, 0.1) is 5.92 Å². The number of aliphatic carboxylic acids is 1. The van der Waals surface area contributed by atoms with E-state index in [0.717, 1.165) is 26.2 Å². The molecule has 0 amide bonds. The molecule has 0 bridgehead atoms. The third-order valence-corrected chi connectivity index (χ3v) is 4.84. The molecule has 0 spiro atoms. The second kappa shape index (κ2) is 5.79. The number of rotatable bonds is 5. The molecule has 100 valence electrons. The molecule has 17 heavy (non-hydrogen) atoms. The summed E-state index contributed by atoms with van der Waals surface area (Å²) in [7, 11) is -3.81. The third kappa shape index (κ3) is 4.25. The first-order valence-electron chi connectivity index (χ1n) is 5.72. The van der Waals surface area contributed by atoms with Crippen LogP contribution in [0.1, 0.15) is 32.6 Å². The Hall–Kier alpha value is -0.660. The maximum absolute atomic E-state index is 11.5. The van der Waals surface area contributed by atoms with Crippen LogP contribution in [0.15, 0.2) is 0 Å². The second-order valence-corrected chi connectivity index (χ2v) is 6.65. The summed E-state index contributed by atoms with van der Waals surface area (Å²) < 4.78 is 25.4. The number of carboxylic acid groups (broad SMARTS) is 1. The van der Waals surface area contributed by atoms with Gasteiger partial charge in [0.05, 0.1) is 6.10 Å². The number of hydrogen-bond acceptors (Lipinski definition) is 4. The van der Waals surface area contributed by atoms with E-state index in [1.165, 1.54) is 0 Å². The summed E-state index contributed by atoms with van der Waals surface area (Å²) in [5.41, 5.74) is 0. The molecule has 0 saturated heterocycles. The molecule has 1 fully saturated rings. The zero-order valence-electron chi connectivity index (χ0n) is 9.80. The van der Waals surface area contributed by atoms with Gasteiger partial charge in [-0.25, -0.2) is 13.1 Å².